The molecule has 0 aliphatic heterocycles. The first kappa shape index (κ1) is 32.2. The molecule has 9 heteroatoms. The van der Waals surface area contributed by atoms with Crippen LogP contribution in [0.4, 0.5) is 10.2 Å². The van der Waals surface area contributed by atoms with Crippen molar-refractivity contribution in [3.8, 4) is 16.9 Å². The Balaban J connectivity index is 1.27. The van der Waals surface area contributed by atoms with Gasteiger partial charge in [0.15, 0.2) is 0 Å². The number of fused-ring (bicyclic) bond motifs is 3. The Kier molecular flexibility index (Phi) is 8.96. The van der Waals surface area contributed by atoms with E-state index in [4.69, 9.17) is 4.74 Å². The summed E-state index contributed by atoms with van der Waals surface area (Å²) in [5.74, 6) is 0.0988. The minimum Gasteiger partial charge on any atom is -0.496 e. The molecule has 0 saturated heterocycles. The number of aryl methyl sites for hydroxylation is 1. The summed E-state index contributed by atoms with van der Waals surface area (Å²) in [7, 11) is 1.71. The highest BCUT2D eigenvalue weighted by Gasteiger charge is 2.51. The third kappa shape index (κ3) is 6.29. The summed E-state index contributed by atoms with van der Waals surface area (Å²) in [6, 6.07) is 8.46. The van der Waals surface area contributed by atoms with Crippen molar-refractivity contribution in [2.75, 3.05) is 18.6 Å². The molecule has 246 valence electrons. The lowest BCUT2D eigenvalue weighted by molar-refractivity contribution is -0.138. The second kappa shape index (κ2) is 12.8. The Labute approximate surface area is 271 Å². The molecule has 1 N–H and O–H groups in total. The maximum Gasteiger partial charge on any atom is 0.303 e. The molecule has 8 nitrogen and oxygen atoms in total. The van der Waals surface area contributed by atoms with Gasteiger partial charge < -0.3 is 9.84 Å². The van der Waals surface area contributed by atoms with Gasteiger partial charge in [-0.2, -0.15) is 5.10 Å². The molecule has 1 amide bonds. The Morgan fingerprint density at radius 2 is 1.76 bits per heavy atom. The van der Waals surface area contributed by atoms with Crippen molar-refractivity contribution in [1.29, 1.82) is 0 Å². The van der Waals surface area contributed by atoms with Crippen LogP contribution < -0.4 is 9.64 Å². The van der Waals surface area contributed by atoms with Crippen molar-refractivity contribution in [2.24, 2.45) is 17.3 Å². The van der Waals surface area contributed by atoms with E-state index >= 15 is 4.39 Å². The second-order valence-corrected chi connectivity index (χ2v) is 14.5. The van der Waals surface area contributed by atoms with Crippen LogP contribution in [0.3, 0.4) is 0 Å². The highest BCUT2D eigenvalue weighted by atomic mass is 19.1. The molecule has 4 saturated carbocycles. The number of carbonyl (C=O) groups is 2. The fraction of sp³-hybridized carbons (Fsp3) is 0.568. The van der Waals surface area contributed by atoms with Crippen LogP contribution in [-0.2, 0) is 15.0 Å². The number of amides is 1. The second-order valence-electron chi connectivity index (χ2n) is 14.5. The molecule has 2 heterocycles. The molecule has 0 radical (unpaired) electrons. The highest BCUT2D eigenvalue weighted by Crippen LogP contribution is 2.58. The summed E-state index contributed by atoms with van der Waals surface area (Å²) in [4.78, 5) is 32.1. The molecule has 2 bridgehead atoms. The zero-order valence-corrected chi connectivity index (χ0v) is 27.6. The molecule has 0 atom stereocenters. The maximum absolute atomic E-state index is 15.3. The van der Waals surface area contributed by atoms with Gasteiger partial charge in [0, 0.05) is 42.2 Å². The maximum atomic E-state index is 15.3. The van der Waals surface area contributed by atoms with E-state index in [2.05, 4.69) is 35.2 Å². The number of methoxy groups -OCH3 is 1. The van der Waals surface area contributed by atoms with Gasteiger partial charge >= 0.3 is 5.97 Å². The third-order valence-corrected chi connectivity index (χ3v) is 11.4. The number of hydrogen-bond donors (Lipinski definition) is 1. The van der Waals surface area contributed by atoms with Crippen LogP contribution in [0.5, 0.6) is 5.75 Å². The van der Waals surface area contributed by atoms with Crippen molar-refractivity contribution >= 4 is 17.7 Å². The molecule has 2 aromatic heterocycles. The number of nitrogens with zero attached hydrogens (tertiary/aromatic N) is 4. The topological polar surface area (TPSA) is 97.5 Å². The van der Waals surface area contributed by atoms with Crippen molar-refractivity contribution in [2.45, 2.75) is 103 Å². The van der Waals surface area contributed by atoms with Crippen LogP contribution in [0.2, 0.25) is 0 Å². The Morgan fingerprint density at radius 3 is 2.35 bits per heavy atom. The Hall–Kier alpha value is -3.75. The van der Waals surface area contributed by atoms with E-state index in [1.54, 1.807) is 24.1 Å². The quantitative estimate of drug-likeness (QED) is 0.245. The minimum absolute atomic E-state index is 0.0271. The van der Waals surface area contributed by atoms with Gasteiger partial charge in [-0.1, -0.05) is 12.1 Å². The summed E-state index contributed by atoms with van der Waals surface area (Å²) in [6.45, 7) is 6.71. The van der Waals surface area contributed by atoms with E-state index in [-0.39, 0.29) is 41.0 Å². The molecular weight excluding hydrogens is 583 g/mol. The molecule has 46 heavy (non-hydrogen) atoms. The van der Waals surface area contributed by atoms with Crippen molar-refractivity contribution in [1.82, 2.24) is 14.8 Å². The SMILES string of the molecule is COc1ccc(C23CCC(CN(c4cc(-c5cnn(C(C)C)c5)c(F)cn4)C(=O)[C@H]4CC[C@H](CC(=O)O)CC4)(CC2)CC3)cc1C. The standard InChI is InChI=1S/C37H47FN4O4/c1-24(2)42-22-28(20-40-42)30-19-33(39-21-31(30)38)41(35(45)27-7-5-26(6-8-27)18-34(43)44)23-36-11-14-37(15-12-36,16-13-36)29-9-10-32(46-4)25(3)17-29/h9-10,17,19-22,24,26-27H,5-8,11-16,18,23H2,1-4H3,(H,43,44)/t26-,27-,36?,37?. The number of benzene rings is 1. The van der Waals surface area contributed by atoms with Gasteiger partial charge in [-0.25, -0.2) is 9.37 Å². The zero-order chi connectivity index (χ0) is 32.6. The van der Waals surface area contributed by atoms with Gasteiger partial charge in [0.1, 0.15) is 17.4 Å². The molecule has 4 fully saturated rings. The van der Waals surface area contributed by atoms with Crippen molar-refractivity contribution in [3.63, 3.8) is 0 Å². The Bertz CT molecular complexity index is 1570. The zero-order valence-electron chi connectivity index (χ0n) is 27.6. The molecule has 0 spiro atoms. The van der Waals surface area contributed by atoms with E-state index in [1.165, 1.54) is 11.8 Å². The van der Waals surface area contributed by atoms with Gasteiger partial charge in [-0.3, -0.25) is 19.2 Å². The van der Waals surface area contributed by atoms with Crippen LogP contribution in [0, 0.1) is 30.0 Å². The molecule has 3 aromatic rings. The fourth-order valence-electron chi connectivity index (χ4n) is 8.39. The lowest BCUT2D eigenvalue weighted by Gasteiger charge is -2.55. The number of halogens is 1. The van der Waals surface area contributed by atoms with E-state index in [0.29, 0.717) is 36.3 Å². The third-order valence-electron chi connectivity index (χ3n) is 11.4. The van der Waals surface area contributed by atoms with Gasteiger partial charge in [-0.05, 0) is 125 Å². The monoisotopic (exact) mass is 630 g/mol. The first-order valence-corrected chi connectivity index (χ1v) is 16.9. The van der Waals surface area contributed by atoms with E-state index in [0.717, 1.165) is 62.7 Å². The number of rotatable bonds is 10. The highest BCUT2D eigenvalue weighted by molar-refractivity contribution is 5.95. The molecule has 0 unspecified atom stereocenters. The number of aliphatic carboxylic acids is 1. The summed E-state index contributed by atoms with van der Waals surface area (Å²) >= 11 is 0. The Morgan fingerprint density at radius 1 is 1.07 bits per heavy atom. The number of carboxylic acids is 1. The predicted octanol–water partition coefficient (Wildman–Crippen LogP) is 7.89. The minimum atomic E-state index is -0.783. The number of carbonyl (C=O) groups excluding carboxylic acids is 1. The molecule has 1 aromatic carbocycles. The van der Waals surface area contributed by atoms with Gasteiger partial charge in [-0.15, -0.1) is 0 Å². The molecule has 7 rings (SSSR count). The van der Waals surface area contributed by atoms with E-state index in [1.807, 2.05) is 24.9 Å². The number of hydrogen-bond acceptors (Lipinski definition) is 5. The van der Waals surface area contributed by atoms with E-state index in [9.17, 15) is 14.7 Å². The number of carboxylic acid groups (broad SMARTS) is 1. The lowest BCUT2D eigenvalue weighted by atomic mass is 9.51. The summed E-state index contributed by atoms with van der Waals surface area (Å²) in [6.07, 6.45) is 13.9. The van der Waals surface area contributed by atoms with Gasteiger partial charge in [0.2, 0.25) is 5.91 Å². The molecular formula is C37H47FN4O4. The smallest absolute Gasteiger partial charge is 0.303 e. The molecule has 4 aliphatic carbocycles. The number of anilines is 1. The van der Waals surface area contributed by atoms with Gasteiger partial charge in [0.25, 0.3) is 0 Å². The first-order chi connectivity index (χ1) is 22.0. The average molecular weight is 631 g/mol. The summed E-state index contributed by atoms with van der Waals surface area (Å²) in [5, 5.41) is 13.7. The number of ether oxygens (including phenoxy) is 1. The van der Waals surface area contributed by atoms with Crippen LogP contribution >= 0.6 is 0 Å². The van der Waals surface area contributed by atoms with Crippen LogP contribution in [-0.4, -0.2) is 45.4 Å². The summed E-state index contributed by atoms with van der Waals surface area (Å²) < 4.78 is 22.6. The fourth-order valence-corrected chi connectivity index (χ4v) is 8.39. The number of aromatic nitrogens is 3. The number of pyridine rings is 1. The first-order valence-electron chi connectivity index (χ1n) is 16.9. The largest absolute Gasteiger partial charge is 0.496 e. The van der Waals surface area contributed by atoms with Crippen LogP contribution in [0.1, 0.15) is 102 Å². The van der Waals surface area contributed by atoms with Crippen molar-refractivity contribution < 1.29 is 23.8 Å². The van der Waals surface area contributed by atoms with Crippen LogP contribution in [0.25, 0.3) is 11.1 Å². The lowest BCUT2D eigenvalue weighted by Crippen LogP contribution is -2.52. The average Bonchev–Trinajstić information content (AvgIpc) is 3.55. The van der Waals surface area contributed by atoms with Gasteiger partial charge in [0.05, 0.1) is 19.5 Å². The van der Waals surface area contributed by atoms with Crippen molar-refractivity contribution in [3.05, 3.63) is 59.8 Å². The van der Waals surface area contributed by atoms with E-state index < -0.39 is 11.8 Å². The summed E-state index contributed by atoms with van der Waals surface area (Å²) in [5.41, 5.74) is 3.70. The normalized spacial score (nSPS) is 25.9. The van der Waals surface area contributed by atoms with Crippen LogP contribution in [0.15, 0.2) is 42.9 Å². The predicted molar refractivity (Wildman–Crippen MR) is 175 cm³/mol. The molecule has 4 aliphatic rings.